The molecule has 21 heavy (non-hydrogen) atoms. The second-order valence-electron chi connectivity index (χ2n) is 3.90. The van der Waals surface area contributed by atoms with Crippen molar-refractivity contribution in [2.75, 3.05) is 13.2 Å². The van der Waals surface area contributed by atoms with Crippen molar-refractivity contribution < 1.29 is 27.8 Å². The maximum absolute atomic E-state index is 11.5. The largest absolute Gasteiger partial charge is 0.490 e. The summed E-state index contributed by atoms with van der Waals surface area (Å²) in [5.41, 5.74) is 0.504. The Hall–Kier alpha value is -1.86. The standard InChI is InChI=1S/C14H18O6S/c1-5-12(15)20-10-8-11(21(16)17)14(19-7-3)13(9(10)4)18-6-2/h5,8H,1,6-7H2,2-4H3,(H,16,17). The van der Waals surface area contributed by atoms with Crippen LogP contribution in [0.4, 0.5) is 0 Å². The lowest BCUT2D eigenvalue weighted by Gasteiger charge is -2.18. The summed E-state index contributed by atoms with van der Waals surface area (Å²) in [5, 5.41) is 0. The normalized spacial score (nSPS) is 11.6. The van der Waals surface area contributed by atoms with Gasteiger partial charge in [0.2, 0.25) is 0 Å². The molecule has 0 bridgehead atoms. The summed E-state index contributed by atoms with van der Waals surface area (Å²) in [4.78, 5) is 11.3. The van der Waals surface area contributed by atoms with Gasteiger partial charge in [-0.2, -0.15) is 0 Å². The van der Waals surface area contributed by atoms with Crippen molar-refractivity contribution in [1.82, 2.24) is 0 Å². The molecule has 1 unspecified atom stereocenters. The van der Waals surface area contributed by atoms with Gasteiger partial charge in [-0.05, 0) is 20.8 Å². The number of hydrogen-bond acceptors (Lipinski definition) is 5. The molecular formula is C14H18O6S. The van der Waals surface area contributed by atoms with Crippen LogP contribution in [0.25, 0.3) is 0 Å². The van der Waals surface area contributed by atoms with E-state index in [9.17, 15) is 13.6 Å². The SMILES string of the molecule is C=CC(=O)Oc1cc(S(=O)O)c(OCC)c(OCC)c1C. The molecular weight excluding hydrogens is 296 g/mol. The van der Waals surface area contributed by atoms with Crippen molar-refractivity contribution in [3.63, 3.8) is 0 Å². The van der Waals surface area contributed by atoms with Crippen molar-refractivity contribution in [1.29, 1.82) is 0 Å². The van der Waals surface area contributed by atoms with Gasteiger partial charge in [0.25, 0.3) is 0 Å². The Morgan fingerprint density at radius 2 is 1.90 bits per heavy atom. The molecule has 0 saturated carbocycles. The Bertz CT molecular complexity index is 567. The Labute approximate surface area is 126 Å². The van der Waals surface area contributed by atoms with Gasteiger partial charge in [0.1, 0.15) is 10.6 Å². The van der Waals surface area contributed by atoms with Crippen molar-refractivity contribution >= 4 is 17.0 Å². The lowest BCUT2D eigenvalue weighted by atomic mass is 10.2. The lowest BCUT2D eigenvalue weighted by Crippen LogP contribution is -2.09. The molecule has 0 aliphatic rings. The van der Waals surface area contributed by atoms with Crippen LogP contribution in [0.3, 0.4) is 0 Å². The van der Waals surface area contributed by atoms with E-state index in [1.807, 2.05) is 0 Å². The first-order chi connectivity index (χ1) is 9.96. The first-order valence-corrected chi connectivity index (χ1v) is 7.45. The van der Waals surface area contributed by atoms with Crippen molar-refractivity contribution in [2.45, 2.75) is 25.7 Å². The summed E-state index contributed by atoms with van der Waals surface area (Å²) >= 11 is -2.31. The molecule has 0 aliphatic heterocycles. The zero-order valence-corrected chi connectivity index (χ0v) is 13.0. The first-order valence-electron chi connectivity index (χ1n) is 6.34. The molecule has 0 fully saturated rings. The third-order valence-electron chi connectivity index (χ3n) is 2.55. The third-order valence-corrected chi connectivity index (χ3v) is 3.22. The molecule has 0 aliphatic carbocycles. The van der Waals surface area contributed by atoms with Gasteiger partial charge in [-0.25, -0.2) is 9.00 Å². The predicted octanol–water partition coefficient (Wildman–Crippen LogP) is 2.46. The Morgan fingerprint density at radius 3 is 2.38 bits per heavy atom. The molecule has 1 aromatic rings. The fraction of sp³-hybridized carbons (Fsp3) is 0.357. The van der Waals surface area contributed by atoms with E-state index in [4.69, 9.17) is 14.2 Å². The Morgan fingerprint density at radius 1 is 1.33 bits per heavy atom. The quantitative estimate of drug-likeness (QED) is 0.360. The van der Waals surface area contributed by atoms with E-state index >= 15 is 0 Å². The smallest absolute Gasteiger partial charge is 0.335 e. The maximum atomic E-state index is 11.5. The van der Waals surface area contributed by atoms with E-state index in [1.165, 1.54) is 6.07 Å². The summed E-state index contributed by atoms with van der Waals surface area (Å²) in [6.45, 7) is 9.13. The van der Waals surface area contributed by atoms with Crippen LogP contribution in [-0.4, -0.2) is 27.9 Å². The Kier molecular flexibility index (Phi) is 6.39. The number of carbonyl (C=O) groups excluding carboxylic acids is 1. The van der Waals surface area contributed by atoms with Crippen LogP contribution in [-0.2, 0) is 15.9 Å². The van der Waals surface area contributed by atoms with Gasteiger partial charge in [0.15, 0.2) is 22.6 Å². The number of ether oxygens (including phenoxy) is 3. The van der Waals surface area contributed by atoms with Crippen LogP contribution >= 0.6 is 0 Å². The van der Waals surface area contributed by atoms with Gasteiger partial charge in [0, 0.05) is 17.7 Å². The van der Waals surface area contributed by atoms with Crippen LogP contribution in [0.15, 0.2) is 23.6 Å². The fourth-order valence-corrected chi connectivity index (χ4v) is 2.19. The number of esters is 1. The number of rotatable bonds is 7. The van der Waals surface area contributed by atoms with E-state index < -0.39 is 17.0 Å². The van der Waals surface area contributed by atoms with Crippen LogP contribution in [0.1, 0.15) is 19.4 Å². The van der Waals surface area contributed by atoms with E-state index in [2.05, 4.69) is 6.58 Å². The zero-order valence-electron chi connectivity index (χ0n) is 12.2. The van der Waals surface area contributed by atoms with Crippen molar-refractivity contribution in [3.05, 3.63) is 24.3 Å². The highest BCUT2D eigenvalue weighted by molar-refractivity contribution is 7.79. The van der Waals surface area contributed by atoms with E-state index in [0.717, 1.165) is 6.08 Å². The molecule has 0 amide bonds. The molecule has 0 heterocycles. The molecule has 7 heteroatoms. The monoisotopic (exact) mass is 314 g/mol. The topological polar surface area (TPSA) is 82.1 Å². The summed E-state index contributed by atoms with van der Waals surface area (Å²) in [5.74, 6) is -0.0780. The molecule has 1 aromatic carbocycles. The third kappa shape index (κ3) is 4.05. The summed E-state index contributed by atoms with van der Waals surface area (Å²) in [6.07, 6.45) is 1.01. The molecule has 1 rings (SSSR count). The minimum Gasteiger partial charge on any atom is -0.490 e. The second kappa shape index (κ2) is 7.80. The fourth-order valence-electron chi connectivity index (χ4n) is 1.67. The average molecular weight is 314 g/mol. The molecule has 0 radical (unpaired) electrons. The molecule has 0 spiro atoms. The number of carbonyl (C=O) groups is 1. The number of benzene rings is 1. The highest BCUT2D eigenvalue weighted by Gasteiger charge is 2.23. The van der Waals surface area contributed by atoms with E-state index in [0.29, 0.717) is 18.8 Å². The summed E-state index contributed by atoms with van der Waals surface area (Å²) in [7, 11) is 0. The lowest BCUT2D eigenvalue weighted by molar-refractivity contribution is -0.129. The summed E-state index contributed by atoms with van der Waals surface area (Å²) < 4.78 is 36.9. The average Bonchev–Trinajstić information content (AvgIpc) is 2.45. The molecule has 0 saturated heterocycles. The van der Waals surface area contributed by atoms with Crippen molar-refractivity contribution in [2.24, 2.45) is 0 Å². The van der Waals surface area contributed by atoms with Gasteiger partial charge >= 0.3 is 5.97 Å². The predicted molar refractivity (Wildman–Crippen MR) is 78.4 cm³/mol. The first kappa shape index (κ1) is 17.2. The van der Waals surface area contributed by atoms with Crippen LogP contribution < -0.4 is 14.2 Å². The molecule has 116 valence electrons. The van der Waals surface area contributed by atoms with Gasteiger partial charge < -0.3 is 18.8 Å². The van der Waals surface area contributed by atoms with Crippen LogP contribution in [0.5, 0.6) is 17.2 Å². The van der Waals surface area contributed by atoms with Crippen LogP contribution in [0, 0.1) is 6.92 Å². The van der Waals surface area contributed by atoms with Gasteiger partial charge in [0.05, 0.1) is 13.2 Å². The van der Waals surface area contributed by atoms with Gasteiger partial charge in [-0.15, -0.1) is 0 Å². The van der Waals surface area contributed by atoms with Crippen LogP contribution in [0.2, 0.25) is 0 Å². The summed E-state index contributed by atoms with van der Waals surface area (Å²) in [6, 6.07) is 1.29. The highest BCUT2D eigenvalue weighted by Crippen LogP contribution is 2.42. The highest BCUT2D eigenvalue weighted by atomic mass is 32.2. The Balaban J connectivity index is 3.51. The van der Waals surface area contributed by atoms with Gasteiger partial charge in [-0.3, -0.25) is 0 Å². The number of hydrogen-bond donors (Lipinski definition) is 1. The van der Waals surface area contributed by atoms with E-state index in [1.54, 1.807) is 20.8 Å². The molecule has 1 atom stereocenters. The van der Waals surface area contributed by atoms with Gasteiger partial charge in [-0.1, -0.05) is 6.58 Å². The minimum atomic E-state index is -2.31. The minimum absolute atomic E-state index is 0.0160. The van der Waals surface area contributed by atoms with Crippen molar-refractivity contribution in [3.8, 4) is 17.2 Å². The molecule has 0 aromatic heterocycles. The second-order valence-corrected chi connectivity index (χ2v) is 4.83. The molecule has 6 nitrogen and oxygen atoms in total. The van der Waals surface area contributed by atoms with E-state index in [-0.39, 0.29) is 22.1 Å². The maximum Gasteiger partial charge on any atom is 0.335 e. The molecule has 1 N–H and O–H groups in total. The zero-order chi connectivity index (χ0) is 16.0.